The summed E-state index contributed by atoms with van der Waals surface area (Å²) >= 11 is 11.8. The van der Waals surface area contributed by atoms with E-state index >= 15 is 0 Å². The molecule has 0 atom stereocenters. The Balaban J connectivity index is 1.77. The van der Waals surface area contributed by atoms with Crippen molar-refractivity contribution in [1.82, 2.24) is 5.32 Å². The maximum atomic E-state index is 12.2. The first kappa shape index (κ1) is 17.9. The van der Waals surface area contributed by atoms with Crippen molar-refractivity contribution in [1.29, 1.82) is 0 Å². The molecule has 0 spiro atoms. The second-order valence-corrected chi connectivity index (χ2v) is 8.61. The summed E-state index contributed by atoms with van der Waals surface area (Å²) in [5, 5.41) is 2.96. The average molecular weight is 412 g/mol. The van der Waals surface area contributed by atoms with Crippen LogP contribution in [0.15, 0.2) is 58.3 Å². The van der Waals surface area contributed by atoms with E-state index < -0.39 is 10.1 Å². The molecular weight excluding hydrogens is 402 g/mol. The molecule has 1 aliphatic heterocycles. The van der Waals surface area contributed by atoms with Crippen LogP contribution in [0.5, 0.6) is 5.75 Å². The molecule has 1 amide bonds. The summed E-state index contributed by atoms with van der Waals surface area (Å²) in [4.78, 5) is 12.1. The van der Waals surface area contributed by atoms with Crippen LogP contribution < -0.4 is 9.50 Å². The lowest BCUT2D eigenvalue weighted by atomic mass is 10.2. The van der Waals surface area contributed by atoms with Crippen LogP contribution in [0.2, 0.25) is 5.02 Å². The van der Waals surface area contributed by atoms with Gasteiger partial charge in [0.15, 0.2) is 0 Å². The van der Waals surface area contributed by atoms with E-state index in [1.54, 1.807) is 18.2 Å². The number of hydrogen-bond acceptors (Lipinski definition) is 6. The summed E-state index contributed by atoms with van der Waals surface area (Å²) in [6.07, 6.45) is 1.66. The van der Waals surface area contributed by atoms with Gasteiger partial charge in [-0.2, -0.15) is 8.42 Å². The fourth-order valence-electron chi connectivity index (χ4n) is 1.97. The van der Waals surface area contributed by atoms with Crippen molar-refractivity contribution < 1.29 is 17.4 Å². The maximum Gasteiger partial charge on any atom is 0.339 e. The SMILES string of the molecule is O=C1NC(=S)SC1=Cc1ccc(OS(=O)(=O)c2ccc(Cl)cc2)cc1. The van der Waals surface area contributed by atoms with Crippen LogP contribution in [0.25, 0.3) is 6.08 Å². The summed E-state index contributed by atoms with van der Waals surface area (Å²) in [7, 11) is -3.94. The summed E-state index contributed by atoms with van der Waals surface area (Å²) in [6.45, 7) is 0. The van der Waals surface area contributed by atoms with Crippen molar-refractivity contribution >= 4 is 62.0 Å². The molecule has 128 valence electrons. The summed E-state index contributed by atoms with van der Waals surface area (Å²) < 4.78 is 29.9. The Morgan fingerprint density at radius 1 is 1.08 bits per heavy atom. The zero-order valence-corrected chi connectivity index (χ0v) is 15.6. The van der Waals surface area contributed by atoms with Gasteiger partial charge in [-0.05, 0) is 48.0 Å². The van der Waals surface area contributed by atoms with Crippen molar-refractivity contribution in [3.05, 3.63) is 64.0 Å². The van der Waals surface area contributed by atoms with Crippen molar-refractivity contribution in [2.24, 2.45) is 0 Å². The number of rotatable bonds is 4. The highest BCUT2D eigenvalue weighted by molar-refractivity contribution is 8.26. The molecule has 1 heterocycles. The van der Waals surface area contributed by atoms with Crippen LogP contribution in [0.1, 0.15) is 5.56 Å². The standard InChI is InChI=1S/C16H10ClNO4S3/c17-11-3-7-13(8-4-11)25(20,21)22-12-5-1-10(2-6-12)9-14-15(19)18-16(23)24-14/h1-9H,(H,18,19,23). The fraction of sp³-hybridized carbons (Fsp3) is 0. The minimum absolute atomic E-state index is 0.00985. The van der Waals surface area contributed by atoms with Crippen LogP contribution in [-0.4, -0.2) is 18.6 Å². The third kappa shape index (κ3) is 4.40. The molecule has 0 unspecified atom stereocenters. The molecule has 25 heavy (non-hydrogen) atoms. The molecule has 0 aromatic heterocycles. The Hall–Kier alpha value is -1.87. The molecule has 9 heteroatoms. The third-order valence-electron chi connectivity index (χ3n) is 3.13. The molecule has 1 aliphatic rings. The quantitative estimate of drug-likeness (QED) is 0.471. The van der Waals surface area contributed by atoms with Gasteiger partial charge in [0.1, 0.15) is 15.0 Å². The molecule has 1 N–H and O–H groups in total. The Labute approximate surface area is 159 Å². The number of thioether (sulfide) groups is 1. The van der Waals surface area contributed by atoms with Crippen molar-refractivity contribution in [2.75, 3.05) is 0 Å². The van der Waals surface area contributed by atoms with Gasteiger partial charge >= 0.3 is 10.1 Å². The number of thiocarbonyl (C=S) groups is 1. The predicted octanol–water partition coefficient (Wildman–Crippen LogP) is 3.60. The van der Waals surface area contributed by atoms with E-state index in [9.17, 15) is 13.2 Å². The Morgan fingerprint density at radius 3 is 2.28 bits per heavy atom. The lowest BCUT2D eigenvalue weighted by Gasteiger charge is -2.07. The summed E-state index contributed by atoms with van der Waals surface area (Å²) in [5.74, 6) is -0.0863. The van der Waals surface area contributed by atoms with E-state index in [1.807, 2.05) is 0 Å². The molecule has 1 saturated heterocycles. The van der Waals surface area contributed by atoms with Gasteiger partial charge < -0.3 is 9.50 Å². The van der Waals surface area contributed by atoms with E-state index in [4.69, 9.17) is 28.0 Å². The molecule has 0 saturated carbocycles. The summed E-state index contributed by atoms with van der Waals surface area (Å²) in [5.41, 5.74) is 0.721. The van der Waals surface area contributed by atoms with Gasteiger partial charge in [0.05, 0.1) is 4.91 Å². The second kappa shape index (κ2) is 7.17. The van der Waals surface area contributed by atoms with Crippen molar-refractivity contribution in [3.63, 3.8) is 0 Å². The number of carbonyl (C=O) groups excluding carboxylic acids is 1. The van der Waals surface area contributed by atoms with E-state index in [-0.39, 0.29) is 16.6 Å². The zero-order valence-electron chi connectivity index (χ0n) is 12.4. The van der Waals surface area contributed by atoms with Crippen molar-refractivity contribution in [3.8, 4) is 5.75 Å². The Bertz CT molecular complexity index is 967. The van der Waals surface area contributed by atoms with Crippen LogP contribution in [-0.2, 0) is 14.9 Å². The van der Waals surface area contributed by atoms with Gasteiger partial charge in [-0.1, -0.05) is 47.7 Å². The van der Waals surface area contributed by atoms with Gasteiger partial charge in [-0.15, -0.1) is 0 Å². The highest BCUT2D eigenvalue weighted by Gasteiger charge is 2.22. The lowest BCUT2D eigenvalue weighted by Crippen LogP contribution is -2.17. The van der Waals surface area contributed by atoms with Crippen molar-refractivity contribution in [2.45, 2.75) is 4.90 Å². The van der Waals surface area contributed by atoms with Crippen LogP contribution >= 0.6 is 35.6 Å². The first-order chi connectivity index (χ1) is 11.8. The highest BCUT2D eigenvalue weighted by atomic mass is 35.5. The summed E-state index contributed by atoms with van der Waals surface area (Å²) in [6, 6.07) is 12.0. The number of nitrogens with one attached hydrogen (secondary N) is 1. The number of carbonyl (C=O) groups is 1. The molecule has 0 aliphatic carbocycles. The number of amides is 1. The third-order valence-corrected chi connectivity index (χ3v) is 5.80. The van der Waals surface area contributed by atoms with Gasteiger partial charge in [0.25, 0.3) is 5.91 Å². The average Bonchev–Trinajstić information content (AvgIpc) is 2.87. The van der Waals surface area contributed by atoms with E-state index in [1.165, 1.54) is 48.2 Å². The zero-order chi connectivity index (χ0) is 18.0. The predicted molar refractivity (Wildman–Crippen MR) is 102 cm³/mol. The van der Waals surface area contributed by atoms with Gasteiger partial charge in [0, 0.05) is 5.02 Å². The largest absolute Gasteiger partial charge is 0.379 e. The highest BCUT2D eigenvalue weighted by Crippen LogP contribution is 2.27. The van der Waals surface area contributed by atoms with Gasteiger partial charge in [-0.3, -0.25) is 4.79 Å². The Morgan fingerprint density at radius 2 is 1.72 bits per heavy atom. The molecule has 0 radical (unpaired) electrons. The minimum atomic E-state index is -3.94. The minimum Gasteiger partial charge on any atom is -0.379 e. The normalized spacial score (nSPS) is 16.1. The topological polar surface area (TPSA) is 72.5 Å². The molecule has 1 fully saturated rings. The lowest BCUT2D eigenvalue weighted by molar-refractivity contribution is -0.115. The fourth-order valence-corrected chi connectivity index (χ4v) is 4.07. The first-order valence-corrected chi connectivity index (χ1v) is 9.89. The molecule has 2 aromatic carbocycles. The van der Waals surface area contributed by atoms with Gasteiger partial charge in [-0.25, -0.2) is 0 Å². The molecule has 3 rings (SSSR count). The van der Waals surface area contributed by atoms with E-state index in [0.717, 1.165) is 5.56 Å². The molecule has 0 bridgehead atoms. The van der Waals surface area contributed by atoms with Gasteiger partial charge in [0.2, 0.25) is 0 Å². The Kier molecular flexibility index (Phi) is 5.14. The molecule has 5 nitrogen and oxygen atoms in total. The van der Waals surface area contributed by atoms with Crippen LogP contribution in [0, 0.1) is 0 Å². The van der Waals surface area contributed by atoms with E-state index in [2.05, 4.69) is 5.32 Å². The smallest absolute Gasteiger partial charge is 0.339 e. The van der Waals surface area contributed by atoms with Crippen LogP contribution in [0.3, 0.4) is 0 Å². The number of hydrogen-bond donors (Lipinski definition) is 1. The number of benzene rings is 2. The second-order valence-electron chi connectivity index (χ2n) is 4.91. The molecule has 2 aromatic rings. The maximum absolute atomic E-state index is 12.2. The molecular formula is C16H10ClNO4S3. The monoisotopic (exact) mass is 411 g/mol. The van der Waals surface area contributed by atoms with E-state index in [0.29, 0.717) is 14.2 Å². The first-order valence-electron chi connectivity index (χ1n) is 6.88. The number of halogens is 1. The van der Waals surface area contributed by atoms with Crippen LogP contribution in [0.4, 0.5) is 0 Å².